The van der Waals surface area contributed by atoms with Crippen molar-refractivity contribution in [1.29, 1.82) is 0 Å². The Morgan fingerprint density at radius 2 is 2.07 bits per heavy atom. The minimum Gasteiger partial charge on any atom is -0.467 e. The van der Waals surface area contributed by atoms with Crippen LogP contribution < -0.4 is 10.6 Å². The fourth-order valence-corrected chi connectivity index (χ4v) is 2.43. The van der Waals surface area contributed by atoms with Crippen LogP contribution in [0.2, 0.25) is 0 Å². The summed E-state index contributed by atoms with van der Waals surface area (Å²) in [5.41, 5.74) is 0.473. The maximum atomic E-state index is 13.8. The Morgan fingerprint density at radius 3 is 2.74 bits per heavy atom. The first-order valence-electron chi connectivity index (χ1n) is 8.59. The van der Waals surface area contributed by atoms with Gasteiger partial charge in [-0.25, -0.2) is 8.78 Å². The molecule has 0 aliphatic heterocycles. The molecule has 2 aromatic rings. The van der Waals surface area contributed by atoms with Crippen LogP contribution in [0.15, 0.2) is 46.0 Å². The molecule has 0 saturated carbocycles. The second-order valence-electron chi connectivity index (χ2n) is 5.93. The first-order chi connectivity index (χ1) is 12.6. The first kappa shape index (κ1) is 23.4. The van der Waals surface area contributed by atoms with Gasteiger partial charge in [0.1, 0.15) is 24.0 Å². The number of rotatable bonds is 9. The number of ether oxygens (including phenoxy) is 1. The van der Waals surface area contributed by atoms with Gasteiger partial charge in [-0.3, -0.25) is 4.99 Å². The van der Waals surface area contributed by atoms with Crippen molar-refractivity contribution in [3.05, 3.63) is 59.6 Å². The minimum absolute atomic E-state index is 0. The van der Waals surface area contributed by atoms with Gasteiger partial charge in [-0.15, -0.1) is 24.0 Å². The number of guanidine groups is 1. The molecule has 1 heterocycles. The van der Waals surface area contributed by atoms with Crippen LogP contribution in [-0.2, 0) is 11.3 Å². The van der Waals surface area contributed by atoms with Crippen molar-refractivity contribution in [1.82, 2.24) is 10.6 Å². The van der Waals surface area contributed by atoms with Gasteiger partial charge in [0, 0.05) is 38.7 Å². The van der Waals surface area contributed by atoms with Crippen LogP contribution in [0, 0.1) is 11.6 Å². The molecule has 1 unspecified atom stereocenters. The molecule has 0 amide bonds. The summed E-state index contributed by atoms with van der Waals surface area (Å²) in [6.07, 6.45) is 2.43. The number of benzene rings is 1. The van der Waals surface area contributed by atoms with Gasteiger partial charge < -0.3 is 19.8 Å². The summed E-state index contributed by atoms with van der Waals surface area (Å²) >= 11 is 0. The number of hydrogen-bond acceptors (Lipinski definition) is 3. The molecular weight excluding hydrogens is 467 g/mol. The van der Waals surface area contributed by atoms with E-state index in [1.165, 1.54) is 12.1 Å². The molecule has 8 heteroatoms. The molecule has 1 aromatic heterocycles. The third kappa shape index (κ3) is 8.25. The van der Waals surface area contributed by atoms with Crippen LogP contribution >= 0.6 is 24.0 Å². The van der Waals surface area contributed by atoms with E-state index >= 15 is 0 Å². The zero-order valence-corrected chi connectivity index (χ0v) is 17.8. The predicted molar refractivity (Wildman–Crippen MR) is 113 cm³/mol. The number of aliphatic imine (C=N–C) groups is 1. The summed E-state index contributed by atoms with van der Waals surface area (Å²) in [4.78, 5) is 4.13. The minimum atomic E-state index is -0.571. The molecule has 2 rings (SSSR count). The maximum Gasteiger partial charge on any atom is 0.190 e. The molecule has 0 spiro atoms. The summed E-state index contributed by atoms with van der Waals surface area (Å²) in [6.45, 7) is 4.11. The largest absolute Gasteiger partial charge is 0.467 e. The van der Waals surface area contributed by atoms with Crippen molar-refractivity contribution in [2.24, 2.45) is 4.99 Å². The molecule has 27 heavy (non-hydrogen) atoms. The molecule has 5 nitrogen and oxygen atoms in total. The molecule has 0 saturated heterocycles. The number of hydrogen-bond donors (Lipinski definition) is 2. The van der Waals surface area contributed by atoms with Crippen molar-refractivity contribution in [3.63, 3.8) is 0 Å². The van der Waals surface area contributed by atoms with E-state index in [0.29, 0.717) is 37.8 Å². The van der Waals surface area contributed by atoms with E-state index in [2.05, 4.69) is 15.6 Å². The van der Waals surface area contributed by atoms with Gasteiger partial charge in [0.05, 0.1) is 6.26 Å². The topological polar surface area (TPSA) is 58.8 Å². The van der Waals surface area contributed by atoms with Gasteiger partial charge in [-0.2, -0.15) is 0 Å². The Labute approximate surface area is 175 Å². The number of nitrogens with one attached hydrogen (secondary N) is 2. The molecular formula is C19H26F2IN3O2. The van der Waals surface area contributed by atoms with Crippen LogP contribution in [0.5, 0.6) is 0 Å². The highest BCUT2D eigenvalue weighted by Crippen LogP contribution is 2.19. The van der Waals surface area contributed by atoms with E-state index in [-0.39, 0.29) is 29.9 Å². The van der Waals surface area contributed by atoms with Crippen LogP contribution in [0.25, 0.3) is 0 Å². The highest BCUT2D eigenvalue weighted by molar-refractivity contribution is 14.0. The summed E-state index contributed by atoms with van der Waals surface area (Å²) in [6, 6.07) is 7.35. The lowest BCUT2D eigenvalue weighted by Gasteiger charge is -2.17. The zero-order chi connectivity index (χ0) is 18.8. The Balaban J connectivity index is 0.00000364. The fourth-order valence-electron chi connectivity index (χ4n) is 2.43. The van der Waals surface area contributed by atoms with Crippen molar-refractivity contribution in [2.75, 3.05) is 26.7 Å². The molecule has 0 aliphatic carbocycles. The molecule has 0 bridgehead atoms. The molecule has 150 valence electrons. The van der Waals surface area contributed by atoms with Gasteiger partial charge in [0.15, 0.2) is 5.96 Å². The number of nitrogens with zero attached hydrogens (tertiary/aromatic N) is 1. The van der Waals surface area contributed by atoms with Gasteiger partial charge in [0.2, 0.25) is 0 Å². The van der Waals surface area contributed by atoms with E-state index in [4.69, 9.17) is 9.15 Å². The molecule has 0 radical (unpaired) electrons. The Bertz CT molecular complexity index is 696. The van der Waals surface area contributed by atoms with Crippen LogP contribution in [0.3, 0.4) is 0 Å². The average Bonchev–Trinajstić information content (AvgIpc) is 3.13. The van der Waals surface area contributed by atoms with Crippen molar-refractivity contribution < 1.29 is 17.9 Å². The van der Waals surface area contributed by atoms with E-state index < -0.39 is 11.6 Å². The zero-order valence-electron chi connectivity index (χ0n) is 15.5. The third-order valence-electron chi connectivity index (χ3n) is 3.88. The second-order valence-corrected chi connectivity index (χ2v) is 5.93. The summed E-state index contributed by atoms with van der Waals surface area (Å²) < 4.78 is 37.5. The quantitative estimate of drug-likeness (QED) is 0.240. The third-order valence-corrected chi connectivity index (χ3v) is 3.88. The summed E-state index contributed by atoms with van der Waals surface area (Å²) in [7, 11) is 1.67. The molecule has 2 N–H and O–H groups in total. The number of halogens is 3. The monoisotopic (exact) mass is 493 g/mol. The Hall–Kier alpha value is -1.68. The predicted octanol–water partition coefficient (Wildman–Crippen LogP) is 4.05. The van der Waals surface area contributed by atoms with Gasteiger partial charge in [-0.1, -0.05) is 13.0 Å². The average molecular weight is 493 g/mol. The van der Waals surface area contributed by atoms with Gasteiger partial charge >= 0.3 is 0 Å². The molecule has 1 aromatic carbocycles. The lowest BCUT2D eigenvalue weighted by atomic mass is 10.0. The number of furan rings is 1. The molecule has 1 atom stereocenters. The normalized spacial score (nSPS) is 12.4. The van der Waals surface area contributed by atoms with E-state index in [1.54, 1.807) is 13.3 Å². The fraction of sp³-hybridized carbons (Fsp3) is 0.421. The van der Waals surface area contributed by atoms with E-state index in [1.807, 2.05) is 19.1 Å². The van der Waals surface area contributed by atoms with Crippen LogP contribution in [-0.4, -0.2) is 32.7 Å². The van der Waals surface area contributed by atoms with Crippen LogP contribution in [0.4, 0.5) is 8.78 Å². The summed E-state index contributed by atoms with van der Waals surface area (Å²) in [5, 5.41) is 6.32. The van der Waals surface area contributed by atoms with Crippen LogP contribution in [0.1, 0.15) is 30.6 Å². The molecule has 0 aliphatic rings. The van der Waals surface area contributed by atoms with Crippen molar-refractivity contribution in [3.8, 4) is 0 Å². The maximum absolute atomic E-state index is 13.8. The first-order valence-corrected chi connectivity index (χ1v) is 8.59. The lowest BCUT2D eigenvalue weighted by molar-refractivity contribution is 0.105. The van der Waals surface area contributed by atoms with Gasteiger partial charge in [0.25, 0.3) is 0 Å². The highest BCUT2D eigenvalue weighted by atomic mass is 127. The Morgan fingerprint density at radius 1 is 1.26 bits per heavy atom. The Kier molecular flexibility index (Phi) is 11.0. The standard InChI is InChI=1S/C19H25F2N3O2.HI/c1-14(17-7-6-15(20)11-18(17)21)12-24-19(22-2)23-8-4-9-25-13-16-5-3-10-26-16;/h3,5-7,10-11,14H,4,8-9,12-13H2,1-2H3,(H2,22,23,24);1H. The van der Waals surface area contributed by atoms with E-state index in [9.17, 15) is 8.78 Å². The second kappa shape index (κ2) is 12.7. The van der Waals surface area contributed by atoms with E-state index in [0.717, 1.165) is 18.2 Å². The smallest absolute Gasteiger partial charge is 0.190 e. The molecule has 0 fully saturated rings. The van der Waals surface area contributed by atoms with Crippen molar-refractivity contribution >= 4 is 29.9 Å². The lowest BCUT2D eigenvalue weighted by Crippen LogP contribution is -2.39. The highest BCUT2D eigenvalue weighted by Gasteiger charge is 2.12. The SMILES string of the molecule is CN=C(NCCCOCc1ccco1)NCC(C)c1ccc(F)cc1F.I. The van der Waals surface area contributed by atoms with Crippen molar-refractivity contribution in [2.45, 2.75) is 25.9 Å². The van der Waals surface area contributed by atoms with Gasteiger partial charge in [-0.05, 0) is 30.2 Å². The summed E-state index contributed by atoms with van der Waals surface area (Å²) in [5.74, 6) is 0.211.